The second-order valence-electron chi connectivity index (χ2n) is 10.8. The number of hydrogen-bond donors (Lipinski definition) is 3. The van der Waals surface area contributed by atoms with Gasteiger partial charge in [-0.25, -0.2) is 4.79 Å². The summed E-state index contributed by atoms with van der Waals surface area (Å²) in [6.07, 6.45) is -0.779. The van der Waals surface area contributed by atoms with Crippen LogP contribution in [0.3, 0.4) is 0 Å². The predicted molar refractivity (Wildman–Crippen MR) is 161 cm³/mol. The number of nitrogens with zero attached hydrogens (tertiary/aromatic N) is 2. The number of aromatic hydroxyl groups is 1. The maximum Gasteiger partial charge on any atom is 0.408 e. The van der Waals surface area contributed by atoms with Gasteiger partial charge in [-0.2, -0.15) is 5.26 Å². The molecule has 0 saturated carbocycles. The molecule has 0 radical (unpaired) electrons. The van der Waals surface area contributed by atoms with E-state index in [1.54, 1.807) is 89.2 Å². The number of para-hydroxylation sites is 2. The molecular formula is C32H35ClN4O5. The summed E-state index contributed by atoms with van der Waals surface area (Å²) >= 11 is 6.38. The van der Waals surface area contributed by atoms with E-state index in [1.165, 1.54) is 6.07 Å². The molecule has 0 heterocycles. The third-order valence-corrected chi connectivity index (χ3v) is 6.70. The lowest BCUT2D eigenvalue weighted by Crippen LogP contribution is -2.53. The van der Waals surface area contributed by atoms with Crippen molar-refractivity contribution in [1.82, 2.24) is 10.2 Å². The Hall–Kier alpha value is -4.55. The van der Waals surface area contributed by atoms with Gasteiger partial charge in [-0.1, -0.05) is 72.3 Å². The average molecular weight is 591 g/mol. The number of aryl methyl sites for hydroxylation is 2. The number of benzene rings is 3. The summed E-state index contributed by atoms with van der Waals surface area (Å²) in [5, 5.41) is 26.5. The fraction of sp³-hybridized carbons (Fsp3) is 0.312. The maximum absolute atomic E-state index is 14.3. The number of ether oxygens (including phenoxy) is 1. The van der Waals surface area contributed by atoms with Crippen molar-refractivity contribution in [3.63, 3.8) is 0 Å². The number of nitriles is 1. The van der Waals surface area contributed by atoms with Crippen molar-refractivity contribution in [1.29, 1.82) is 5.26 Å². The Morgan fingerprint density at radius 3 is 2.26 bits per heavy atom. The molecule has 2 unspecified atom stereocenters. The van der Waals surface area contributed by atoms with Crippen molar-refractivity contribution in [2.75, 3.05) is 11.9 Å². The van der Waals surface area contributed by atoms with E-state index >= 15 is 0 Å². The van der Waals surface area contributed by atoms with Crippen LogP contribution in [0.25, 0.3) is 0 Å². The van der Waals surface area contributed by atoms with E-state index in [-0.39, 0.29) is 22.8 Å². The Morgan fingerprint density at radius 2 is 1.64 bits per heavy atom. The number of nitrogens with one attached hydrogen (secondary N) is 2. The summed E-state index contributed by atoms with van der Waals surface area (Å²) in [5.74, 6) is -1.63. The van der Waals surface area contributed by atoms with Crippen LogP contribution in [0.1, 0.15) is 49.1 Å². The van der Waals surface area contributed by atoms with Crippen molar-refractivity contribution in [2.24, 2.45) is 0 Å². The molecule has 3 rings (SSSR count). The molecule has 0 aliphatic rings. The van der Waals surface area contributed by atoms with E-state index < -0.39 is 42.1 Å². The van der Waals surface area contributed by atoms with Gasteiger partial charge in [-0.15, -0.1) is 0 Å². The maximum atomic E-state index is 14.3. The summed E-state index contributed by atoms with van der Waals surface area (Å²) in [6, 6.07) is 18.2. The molecule has 0 fully saturated rings. The van der Waals surface area contributed by atoms with E-state index in [9.17, 15) is 24.8 Å². The Bertz CT molecular complexity index is 1460. The van der Waals surface area contributed by atoms with Gasteiger partial charge in [0, 0.05) is 12.0 Å². The minimum atomic E-state index is -1.45. The lowest BCUT2D eigenvalue weighted by molar-refractivity contribution is -0.140. The minimum Gasteiger partial charge on any atom is -0.507 e. The Balaban J connectivity index is 2.11. The number of hydrogen-bond acceptors (Lipinski definition) is 6. The van der Waals surface area contributed by atoms with Crippen LogP contribution < -0.4 is 10.6 Å². The Kier molecular flexibility index (Phi) is 10.6. The quantitative estimate of drug-likeness (QED) is 0.269. The fourth-order valence-electron chi connectivity index (χ4n) is 4.41. The summed E-state index contributed by atoms with van der Waals surface area (Å²) in [6.45, 7) is 7.98. The molecule has 10 heteroatoms. The average Bonchev–Trinajstić information content (AvgIpc) is 2.91. The van der Waals surface area contributed by atoms with Crippen LogP contribution >= 0.6 is 11.6 Å². The summed E-state index contributed by atoms with van der Waals surface area (Å²) in [7, 11) is 0. The van der Waals surface area contributed by atoms with Gasteiger partial charge in [0.05, 0.1) is 16.8 Å². The second kappa shape index (κ2) is 13.9. The van der Waals surface area contributed by atoms with Crippen molar-refractivity contribution < 1.29 is 24.2 Å². The molecule has 0 aromatic heterocycles. The molecule has 0 aliphatic carbocycles. The van der Waals surface area contributed by atoms with Crippen molar-refractivity contribution in [3.05, 3.63) is 94.0 Å². The van der Waals surface area contributed by atoms with Gasteiger partial charge < -0.3 is 25.4 Å². The van der Waals surface area contributed by atoms with Crippen LogP contribution in [-0.4, -0.2) is 46.1 Å². The highest BCUT2D eigenvalue weighted by molar-refractivity contribution is 6.34. The third-order valence-electron chi connectivity index (χ3n) is 6.39. The van der Waals surface area contributed by atoms with Crippen LogP contribution in [0.4, 0.5) is 10.5 Å². The van der Waals surface area contributed by atoms with E-state index in [0.717, 1.165) is 10.5 Å². The van der Waals surface area contributed by atoms with Crippen molar-refractivity contribution in [2.45, 2.75) is 58.7 Å². The Labute approximate surface area is 251 Å². The SMILES string of the molecule is Cc1cccc(C(C(=O)Nc2c(C)cccc2Cl)N(CC#N)C(=O)C(Cc2ccccc2)NC(=O)OC(C)(C)C)c1O. The van der Waals surface area contributed by atoms with Gasteiger partial charge in [0.1, 0.15) is 30.0 Å². The molecule has 0 saturated heterocycles. The van der Waals surface area contributed by atoms with Crippen LogP contribution in [0.2, 0.25) is 5.02 Å². The lowest BCUT2D eigenvalue weighted by atomic mass is 9.98. The van der Waals surface area contributed by atoms with Gasteiger partial charge in [-0.3, -0.25) is 9.59 Å². The third kappa shape index (κ3) is 8.24. The van der Waals surface area contributed by atoms with Crippen LogP contribution in [-0.2, 0) is 20.7 Å². The number of phenolic OH excluding ortho intramolecular Hbond substituents is 1. The first-order chi connectivity index (χ1) is 19.8. The van der Waals surface area contributed by atoms with Gasteiger partial charge >= 0.3 is 6.09 Å². The van der Waals surface area contributed by atoms with Crippen LogP contribution in [0, 0.1) is 25.2 Å². The lowest BCUT2D eigenvalue weighted by Gasteiger charge is -2.33. The summed E-state index contributed by atoms with van der Waals surface area (Å²) in [5.41, 5.74) is 1.48. The zero-order chi connectivity index (χ0) is 31.0. The standard InChI is InChI=1S/C32H35ClN4O5/c1-20-11-10-16-24(33)26(20)36-29(39)27(23-15-9-12-21(2)28(23)38)37(18-17-34)30(40)25(19-22-13-7-6-8-14-22)35-31(41)42-32(3,4)5/h6-16,25,27,38H,18-19H2,1-5H3,(H,35,41)(H,36,39). The molecule has 2 atom stereocenters. The Morgan fingerprint density at radius 1 is 1.00 bits per heavy atom. The summed E-state index contributed by atoms with van der Waals surface area (Å²) in [4.78, 5) is 42.1. The highest BCUT2D eigenvalue weighted by atomic mass is 35.5. The molecule has 3 amide bonds. The second-order valence-corrected chi connectivity index (χ2v) is 11.3. The molecule has 3 aromatic carbocycles. The molecule has 220 valence electrons. The largest absolute Gasteiger partial charge is 0.507 e. The van der Waals surface area contributed by atoms with E-state index in [0.29, 0.717) is 16.8 Å². The molecule has 0 bridgehead atoms. The van der Waals surface area contributed by atoms with E-state index in [4.69, 9.17) is 16.3 Å². The van der Waals surface area contributed by atoms with Gasteiger partial charge in [0.2, 0.25) is 5.91 Å². The first-order valence-electron chi connectivity index (χ1n) is 13.4. The fourth-order valence-corrected chi connectivity index (χ4v) is 4.68. The minimum absolute atomic E-state index is 0.0542. The highest BCUT2D eigenvalue weighted by Crippen LogP contribution is 2.34. The number of carbonyl (C=O) groups is 3. The number of rotatable bonds is 9. The number of alkyl carbamates (subject to hydrolysis) is 1. The molecule has 42 heavy (non-hydrogen) atoms. The topological polar surface area (TPSA) is 132 Å². The number of carbonyl (C=O) groups excluding carboxylic acids is 3. The normalized spacial score (nSPS) is 12.4. The number of anilines is 1. The first-order valence-corrected chi connectivity index (χ1v) is 13.8. The number of phenols is 1. The van der Waals surface area contributed by atoms with Gasteiger partial charge in [0.25, 0.3) is 5.91 Å². The molecule has 0 spiro atoms. The van der Waals surface area contributed by atoms with Gasteiger partial charge in [0.15, 0.2) is 0 Å². The monoisotopic (exact) mass is 590 g/mol. The number of amides is 3. The predicted octanol–water partition coefficient (Wildman–Crippen LogP) is 5.83. The molecular weight excluding hydrogens is 556 g/mol. The van der Waals surface area contributed by atoms with E-state index in [1.807, 2.05) is 12.1 Å². The van der Waals surface area contributed by atoms with Crippen LogP contribution in [0.5, 0.6) is 5.75 Å². The molecule has 9 nitrogen and oxygen atoms in total. The van der Waals surface area contributed by atoms with Crippen molar-refractivity contribution >= 4 is 35.2 Å². The zero-order valence-corrected chi connectivity index (χ0v) is 25.0. The molecule has 3 aromatic rings. The molecule has 3 N–H and O–H groups in total. The summed E-state index contributed by atoms with van der Waals surface area (Å²) < 4.78 is 5.41. The first kappa shape index (κ1) is 32.0. The van der Waals surface area contributed by atoms with E-state index in [2.05, 4.69) is 10.6 Å². The van der Waals surface area contributed by atoms with Gasteiger partial charge in [-0.05, 0) is 57.4 Å². The molecule has 0 aliphatic heterocycles. The van der Waals surface area contributed by atoms with Crippen LogP contribution in [0.15, 0.2) is 66.7 Å². The highest BCUT2D eigenvalue weighted by Gasteiger charge is 2.38. The zero-order valence-electron chi connectivity index (χ0n) is 24.3. The smallest absolute Gasteiger partial charge is 0.408 e. The number of halogens is 1. The van der Waals surface area contributed by atoms with Crippen molar-refractivity contribution in [3.8, 4) is 11.8 Å².